The molecule has 1 amide bonds. The van der Waals surface area contributed by atoms with Gasteiger partial charge in [-0.25, -0.2) is 13.8 Å². The first-order valence-electron chi connectivity index (χ1n) is 12.2. The number of nitrogens with zero attached hydrogens (tertiary/aromatic N) is 3. The highest BCUT2D eigenvalue weighted by atomic mass is 19.1. The molecule has 2 heterocycles. The molecule has 0 bridgehead atoms. The second-order valence-corrected chi connectivity index (χ2v) is 9.35. The average Bonchev–Trinajstić information content (AvgIpc) is 3.33. The number of amides is 1. The second kappa shape index (κ2) is 10.2. The van der Waals surface area contributed by atoms with Gasteiger partial charge in [-0.1, -0.05) is 32.4 Å². The van der Waals surface area contributed by atoms with Gasteiger partial charge in [0.2, 0.25) is 5.67 Å². The fourth-order valence-corrected chi connectivity index (χ4v) is 5.08. The van der Waals surface area contributed by atoms with Crippen molar-refractivity contribution in [2.75, 3.05) is 26.0 Å². The van der Waals surface area contributed by atoms with Crippen LogP contribution in [-0.4, -0.2) is 60.2 Å². The zero-order chi connectivity index (χ0) is 26.0. The number of ether oxygens (including phenoxy) is 1. The molecule has 3 aliphatic rings. The van der Waals surface area contributed by atoms with Gasteiger partial charge in [-0.05, 0) is 43.4 Å². The lowest BCUT2D eigenvalue weighted by Crippen LogP contribution is -2.48. The van der Waals surface area contributed by atoms with Crippen molar-refractivity contribution in [2.45, 2.75) is 57.2 Å². The molecule has 7 nitrogen and oxygen atoms in total. The lowest BCUT2D eigenvalue weighted by atomic mass is 10.0. The summed E-state index contributed by atoms with van der Waals surface area (Å²) in [4.78, 5) is 32.6. The Bertz CT molecular complexity index is 1170. The number of methoxy groups -OCH3 is 1. The average molecular weight is 499 g/mol. The van der Waals surface area contributed by atoms with E-state index in [9.17, 15) is 14.0 Å². The quantitative estimate of drug-likeness (QED) is 0.424. The van der Waals surface area contributed by atoms with Gasteiger partial charge in [-0.3, -0.25) is 9.59 Å². The third-order valence-corrected chi connectivity index (χ3v) is 7.23. The molecule has 1 aromatic carbocycles. The van der Waals surface area contributed by atoms with E-state index in [1.165, 1.54) is 24.1 Å². The third kappa shape index (κ3) is 4.54. The fraction of sp³-hybridized carbons (Fsp3) is 0.444. The summed E-state index contributed by atoms with van der Waals surface area (Å²) in [5.74, 6) is -0.111. The van der Waals surface area contributed by atoms with Crippen molar-refractivity contribution in [2.24, 2.45) is 4.99 Å². The number of amidine groups is 1. The number of fused-ring (bicyclic) bond motifs is 1. The molecule has 1 saturated carbocycles. The predicted molar refractivity (Wildman–Crippen MR) is 135 cm³/mol. The third-order valence-electron chi connectivity index (χ3n) is 7.23. The van der Waals surface area contributed by atoms with Gasteiger partial charge < -0.3 is 19.9 Å². The summed E-state index contributed by atoms with van der Waals surface area (Å²) in [6.07, 6.45) is 8.29. The topological polar surface area (TPSA) is 74.2 Å². The predicted octanol–water partition coefficient (Wildman–Crippen LogP) is 4.98. The van der Waals surface area contributed by atoms with Gasteiger partial charge in [-0.15, -0.1) is 0 Å². The molecule has 0 unspecified atom stereocenters. The van der Waals surface area contributed by atoms with Gasteiger partial charge in [0, 0.05) is 19.2 Å². The normalized spacial score (nSPS) is 23.0. The number of alkyl halides is 1. The van der Waals surface area contributed by atoms with Crippen LogP contribution in [0.5, 0.6) is 5.75 Å². The van der Waals surface area contributed by atoms with Gasteiger partial charge in [0.1, 0.15) is 17.4 Å². The number of nitrogens with one attached hydrogen (secondary N) is 1. The molecule has 0 aromatic heterocycles. The molecule has 1 aromatic rings. The molecule has 2 fully saturated rings. The maximum atomic E-state index is 15.9. The molecule has 1 aliphatic carbocycles. The molecule has 1 N–H and O–H groups in total. The van der Waals surface area contributed by atoms with Crippen molar-refractivity contribution in [1.29, 1.82) is 0 Å². The van der Waals surface area contributed by atoms with E-state index >= 15 is 4.39 Å². The van der Waals surface area contributed by atoms with Crippen LogP contribution in [0.1, 0.15) is 55.8 Å². The first-order chi connectivity index (χ1) is 17.3. The zero-order valence-corrected chi connectivity index (χ0v) is 20.9. The van der Waals surface area contributed by atoms with E-state index in [0.29, 0.717) is 42.2 Å². The van der Waals surface area contributed by atoms with Crippen LogP contribution in [0.2, 0.25) is 0 Å². The van der Waals surface area contributed by atoms with Crippen LogP contribution in [0.4, 0.5) is 14.5 Å². The van der Waals surface area contributed by atoms with Gasteiger partial charge in [0.25, 0.3) is 5.91 Å². The molecule has 0 radical (unpaired) electrons. The standard InChI is InChI=1S/C27H32F2N4O3/c1-5-17-11-12-22-25(31-24(17)30-21-14-20(28)18(15-34)13-23(21)36-4)33(19-9-7-8-10-19)16-27(29,6-2)26(35)32(22)3/h6,12-15,19,30H,2,5,7-11,16H2,1,3-4H3/t27-/m1/s1. The number of carbonyl (C=O) groups is 2. The molecule has 0 spiro atoms. The van der Waals surface area contributed by atoms with E-state index in [-0.39, 0.29) is 23.9 Å². The molecule has 9 heteroatoms. The fourth-order valence-electron chi connectivity index (χ4n) is 5.08. The first-order valence-corrected chi connectivity index (χ1v) is 12.2. The number of anilines is 1. The maximum absolute atomic E-state index is 15.9. The van der Waals surface area contributed by atoms with Crippen LogP contribution in [0.25, 0.3) is 0 Å². The van der Waals surface area contributed by atoms with Crippen LogP contribution >= 0.6 is 0 Å². The smallest absolute Gasteiger partial charge is 0.270 e. The van der Waals surface area contributed by atoms with Crippen LogP contribution < -0.4 is 10.1 Å². The number of halogens is 2. The molecule has 2 aliphatic heterocycles. The Morgan fingerprint density at radius 1 is 1.33 bits per heavy atom. The molecule has 192 valence electrons. The highest BCUT2D eigenvalue weighted by Gasteiger charge is 2.47. The number of benzene rings is 1. The van der Waals surface area contributed by atoms with Gasteiger partial charge in [-0.2, -0.15) is 0 Å². The number of aliphatic imine (C=N–C) groups is 1. The summed E-state index contributed by atoms with van der Waals surface area (Å²) in [7, 11) is 2.99. The molecule has 1 saturated heterocycles. The van der Waals surface area contributed by atoms with Crippen molar-refractivity contribution in [3.63, 3.8) is 0 Å². The van der Waals surface area contributed by atoms with Crippen LogP contribution in [-0.2, 0) is 4.79 Å². The summed E-state index contributed by atoms with van der Waals surface area (Å²) in [6.45, 7) is 5.42. The summed E-state index contributed by atoms with van der Waals surface area (Å²) in [5.41, 5.74) is -0.601. The number of allylic oxidation sites excluding steroid dienone is 2. The minimum atomic E-state index is -2.26. The van der Waals surface area contributed by atoms with Gasteiger partial charge >= 0.3 is 0 Å². The van der Waals surface area contributed by atoms with Crippen molar-refractivity contribution in [1.82, 2.24) is 9.80 Å². The Morgan fingerprint density at radius 2 is 2.06 bits per heavy atom. The number of hydrogen-bond acceptors (Lipinski definition) is 6. The number of likely N-dealkylation sites (N-methyl/N-ethyl adjacent to an activating group) is 1. The van der Waals surface area contributed by atoms with Crippen LogP contribution in [0.15, 0.2) is 52.9 Å². The van der Waals surface area contributed by atoms with E-state index in [4.69, 9.17) is 9.73 Å². The van der Waals surface area contributed by atoms with E-state index in [0.717, 1.165) is 37.3 Å². The van der Waals surface area contributed by atoms with Crippen molar-refractivity contribution >= 4 is 23.7 Å². The maximum Gasteiger partial charge on any atom is 0.270 e. The van der Waals surface area contributed by atoms with Crippen LogP contribution in [0.3, 0.4) is 0 Å². The minimum absolute atomic E-state index is 0.0322. The Hall–Kier alpha value is -3.49. The largest absolute Gasteiger partial charge is 0.495 e. The monoisotopic (exact) mass is 498 g/mol. The highest BCUT2D eigenvalue weighted by molar-refractivity contribution is 6.06. The van der Waals surface area contributed by atoms with E-state index in [2.05, 4.69) is 11.9 Å². The van der Waals surface area contributed by atoms with Crippen molar-refractivity contribution in [3.8, 4) is 5.75 Å². The molecule has 1 atom stereocenters. The Kier molecular flexibility index (Phi) is 7.28. The van der Waals surface area contributed by atoms with Crippen molar-refractivity contribution < 1.29 is 23.1 Å². The Labute approximate surface area is 210 Å². The minimum Gasteiger partial charge on any atom is -0.495 e. The Balaban J connectivity index is 1.85. The lowest BCUT2D eigenvalue weighted by molar-refractivity contribution is -0.137. The highest BCUT2D eigenvalue weighted by Crippen LogP contribution is 2.36. The number of aldehydes is 1. The molecular weight excluding hydrogens is 466 g/mol. The number of hydrogen-bond donors (Lipinski definition) is 1. The summed E-state index contributed by atoms with van der Waals surface area (Å²) in [5, 5.41) is 3.19. The summed E-state index contributed by atoms with van der Waals surface area (Å²) < 4.78 is 35.8. The van der Waals surface area contributed by atoms with Crippen LogP contribution in [0, 0.1) is 5.82 Å². The molecule has 36 heavy (non-hydrogen) atoms. The zero-order valence-electron chi connectivity index (χ0n) is 20.9. The summed E-state index contributed by atoms with van der Waals surface area (Å²) >= 11 is 0. The van der Waals surface area contributed by atoms with Gasteiger partial charge in [0.15, 0.2) is 12.1 Å². The van der Waals surface area contributed by atoms with E-state index in [1.54, 1.807) is 7.05 Å². The number of carbonyl (C=O) groups excluding carboxylic acids is 2. The molecular formula is C27H32F2N4O3. The number of rotatable bonds is 7. The lowest BCUT2D eigenvalue weighted by Gasteiger charge is -2.33. The van der Waals surface area contributed by atoms with Crippen molar-refractivity contribution in [3.05, 3.63) is 59.3 Å². The second-order valence-electron chi connectivity index (χ2n) is 9.35. The van der Waals surface area contributed by atoms with Gasteiger partial charge in [0.05, 0.1) is 30.6 Å². The first kappa shape index (κ1) is 25.6. The SMILES string of the molecule is C=C[C@@]1(F)CN(C2CCCC2)C2=NC(Nc3cc(F)c(C=O)cc3OC)=C(CC)CC=C2N(C)C1=O. The van der Waals surface area contributed by atoms with E-state index in [1.807, 2.05) is 17.9 Å². The summed E-state index contributed by atoms with van der Waals surface area (Å²) in [6, 6.07) is 2.56. The molecule has 4 rings (SSSR count). The van der Waals surface area contributed by atoms with E-state index < -0.39 is 17.4 Å². The Morgan fingerprint density at radius 3 is 2.67 bits per heavy atom.